The Morgan fingerprint density at radius 3 is 2.47 bits per heavy atom. The fourth-order valence-electron chi connectivity index (χ4n) is 1.87. The number of carbonyl (C=O) groups excluding carboxylic acids is 1. The van der Waals surface area contributed by atoms with Gasteiger partial charge in [-0.2, -0.15) is 0 Å². The first-order valence-corrected chi connectivity index (χ1v) is 6.29. The Morgan fingerprint density at radius 2 is 1.88 bits per heavy atom. The second kappa shape index (κ2) is 5.14. The van der Waals surface area contributed by atoms with Gasteiger partial charge in [-0.3, -0.25) is 4.79 Å². The number of halogens is 2. The molecule has 1 fully saturated rings. The second-order valence-electron chi connectivity index (χ2n) is 4.25. The highest BCUT2D eigenvalue weighted by atomic mass is 79.9. The smallest absolute Gasteiger partial charge is 0.254 e. The van der Waals surface area contributed by atoms with Crippen molar-refractivity contribution in [1.29, 1.82) is 0 Å². The van der Waals surface area contributed by atoms with E-state index in [2.05, 4.69) is 20.8 Å². The van der Waals surface area contributed by atoms with Gasteiger partial charge in [0, 0.05) is 36.2 Å². The molecule has 17 heavy (non-hydrogen) atoms. The number of piperazine rings is 1. The first-order chi connectivity index (χ1) is 8.06. The van der Waals surface area contributed by atoms with Crippen molar-refractivity contribution in [3.05, 3.63) is 34.1 Å². The van der Waals surface area contributed by atoms with Crippen molar-refractivity contribution >= 4 is 21.8 Å². The third-order valence-corrected chi connectivity index (χ3v) is 3.36. The van der Waals surface area contributed by atoms with Gasteiger partial charge in [-0.15, -0.1) is 0 Å². The molecule has 0 bridgehead atoms. The highest BCUT2D eigenvalue weighted by Gasteiger charge is 2.20. The fourth-order valence-corrected chi connectivity index (χ4v) is 2.33. The molecule has 1 aliphatic rings. The summed E-state index contributed by atoms with van der Waals surface area (Å²) in [6.07, 6.45) is 0. The van der Waals surface area contributed by atoms with Crippen LogP contribution in [-0.2, 0) is 0 Å². The van der Waals surface area contributed by atoms with Crippen LogP contribution >= 0.6 is 15.9 Å². The molecule has 0 aliphatic carbocycles. The fraction of sp³-hybridized carbons (Fsp3) is 0.417. The summed E-state index contributed by atoms with van der Waals surface area (Å²) < 4.78 is 13.8. The minimum atomic E-state index is -0.392. The van der Waals surface area contributed by atoms with E-state index in [4.69, 9.17) is 0 Å². The Morgan fingerprint density at radius 1 is 1.24 bits per heavy atom. The molecule has 1 amide bonds. The maximum Gasteiger partial charge on any atom is 0.254 e. The summed E-state index contributed by atoms with van der Waals surface area (Å²) in [5.74, 6) is -0.491. The average Bonchev–Trinajstić information content (AvgIpc) is 2.28. The van der Waals surface area contributed by atoms with E-state index in [1.54, 1.807) is 11.0 Å². The molecule has 2 rings (SSSR count). The topological polar surface area (TPSA) is 23.6 Å². The molecule has 92 valence electrons. The van der Waals surface area contributed by atoms with Crippen molar-refractivity contribution in [3.8, 4) is 0 Å². The molecule has 0 N–H and O–H groups in total. The van der Waals surface area contributed by atoms with Crippen LogP contribution in [-0.4, -0.2) is 48.9 Å². The largest absolute Gasteiger partial charge is 0.336 e. The summed E-state index contributed by atoms with van der Waals surface area (Å²) in [4.78, 5) is 16.1. The Balaban J connectivity index is 2.14. The van der Waals surface area contributed by atoms with Gasteiger partial charge in [-0.05, 0) is 25.2 Å². The van der Waals surface area contributed by atoms with Crippen LogP contribution < -0.4 is 0 Å². The van der Waals surface area contributed by atoms with Crippen molar-refractivity contribution in [2.75, 3.05) is 33.2 Å². The van der Waals surface area contributed by atoms with Crippen LogP contribution in [0, 0.1) is 5.82 Å². The highest BCUT2D eigenvalue weighted by molar-refractivity contribution is 9.10. The molecule has 1 aromatic carbocycles. The molecular formula is C12H14BrFN2O. The predicted molar refractivity (Wildman–Crippen MR) is 67.5 cm³/mol. The van der Waals surface area contributed by atoms with Crippen LogP contribution in [0.3, 0.4) is 0 Å². The molecule has 1 aliphatic heterocycles. The second-order valence-corrected chi connectivity index (χ2v) is 5.17. The zero-order valence-corrected chi connectivity index (χ0v) is 11.2. The summed E-state index contributed by atoms with van der Waals surface area (Å²) in [6, 6.07) is 4.29. The summed E-state index contributed by atoms with van der Waals surface area (Å²) in [7, 11) is 2.03. The molecule has 5 heteroatoms. The third kappa shape index (κ3) is 3.04. The lowest BCUT2D eigenvalue weighted by molar-refractivity contribution is 0.0663. The van der Waals surface area contributed by atoms with E-state index in [0.29, 0.717) is 23.1 Å². The number of rotatable bonds is 1. The van der Waals surface area contributed by atoms with E-state index in [9.17, 15) is 9.18 Å². The van der Waals surface area contributed by atoms with Crippen LogP contribution in [0.1, 0.15) is 10.4 Å². The number of benzene rings is 1. The summed E-state index contributed by atoms with van der Waals surface area (Å²) in [6.45, 7) is 3.12. The van der Waals surface area contributed by atoms with Crippen LogP contribution in [0.5, 0.6) is 0 Å². The monoisotopic (exact) mass is 300 g/mol. The average molecular weight is 301 g/mol. The lowest BCUT2D eigenvalue weighted by atomic mass is 10.2. The number of likely N-dealkylation sites (N-methyl/N-ethyl adjacent to an activating group) is 1. The van der Waals surface area contributed by atoms with Crippen LogP contribution in [0.25, 0.3) is 0 Å². The van der Waals surface area contributed by atoms with Crippen molar-refractivity contribution in [3.63, 3.8) is 0 Å². The normalized spacial score (nSPS) is 17.2. The number of hydrogen-bond donors (Lipinski definition) is 0. The molecule has 1 saturated heterocycles. The van der Waals surface area contributed by atoms with E-state index in [1.807, 2.05) is 7.05 Å². The molecule has 0 aromatic heterocycles. The Hall–Kier alpha value is -0.940. The molecule has 0 atom stereocenters. The van der Waals surface area contributed by atoms with Crippen molar-refractivity contribution in [2.45, 2.75) is 0 Å². The number of carbonyl (C=O) groups is 1. The molecule has 0 spiro atoms. The first-order valence-electron chi connectivity index (χ1n) is 5.50. The number of hydrogen-bond acceptors (Lipinski definition) is 2. The van der Waals surface area contributed by atoms with E-state index in [0.717, 1.165) is 13.1 Å². The Kier molecular flexibility index (Phi) is 3.79. The molecule has 0 radical (unpaired) electrons. The third-order valence-electron chi connectivity index (χ3n) is 2.90. The van der Waals surface area contributed by atoms with Gasteiger partial charge in [0.2, 0.25) is 0 Å². The van der Waals surface area contributed by atoms with E-state index >= 15 is 0 Å². The zero-order chi connectivity index (χ0) is 12.4. The SMILES string of the molecule is CN1CCN(C(=O)c2cc(F)cc(Br)c2)CC1. The standard InChI is InChI=1S/C12H14BrFN2O/c1-15-2-4-16(5-3-15)12(17)9-6-10(13)8-11(14)7-9/h6-8H,2-5H2,1H3. The minimum Gasteiger partial charge on any atom is -0.336 e. The zero-order valence-electron chi connectivity index (χ0n) is 9.62. The molecule has 1 aromatic rings. The van der Waals surface area contributed by atoms with Gasteiger partial charge in [0.15, 0.2) is 0 Å². The lowest BCUT2D eigenvalue weighted by Crippen LogP contribution is -2.47. The van der Waals surface area contributed by atoms with Gasteiger partial charge >= 0.3 is 0 Å². The van der Waals surface area contributed by atoms with Crippen LogP contribution in [0.4, 0.5) is 4.39 Å². The first kappa shape index (κ1) is 12.5. The van der Waals surface area contributed by atoms with E-state index < -0.39 is 5.82 Å². The maximum absolute atomic E-state index is 13.2. The maximum atomic E-state index is 13.2. The molecular weight excluding hydrogens is 287 g/mol. The molecule has 0 saturated carbocycles. The number of nitrogens with zero attached hydrogens (tertiary/aromatic N) is 2. The van der Waals surface area contributed by atoms with Gasteiger partial charge in [-0.1, -0.05) is 15.9 Å². The van der Waals surface area contributed by atoms with Gasteiger partial charge < -0.3 is 9.80 Å². The van der Waals surface area contributed by atoms with E-state index in [-0.39, 0.29) is 5.91 Å². The quantitative estimate of drug-likeness (QED) is 0.792. The summed E-state index contributed by atoms with van der Waals surface area (Å²) in [5, 5.41) is 0. The van der Waals surface area contributed by atoms with Crippen LogP contribution in [0.15, 0.2) is 22.7 Å². The molecule has 3 nitrogen and oxygen atoms in total. The Labute approximate surface area is 108 Å². The van der Waals surface area contributed by atoms with Gasteiger partial charge in [0.25, 0.3) is 5.91 Å². The lowest BCUT2D eigenvalue weighted by Gasteiger charge is -2.32. The van der Waals surface area contributed by atoms with Crippen molar-refractivity contribution < 1.29 is 9.18 Å². The summed E-state index contributed by atoms with van der Waals surface area (Å²) >= 11 is 3.20. The van der Waals surface area contributed by atoms with Gasteiger partial charge in [0.1, 0.15) is 5.82 Å². The van der Waals surface area contributed by atoms with E-state index in [1.165, 1.54) is 12.1 Å². The highest BCUT2D eigenvalue weighted by Crippen LogP contribution is 2.17. The minimum absolute atomic E-state index is 0.0988. The van der Waals surface area contributed by atoms with Crippen LogP contribution in [0.2, 0.25) is 0 Å². The van der Waals surface area contributed by atoms with Gasteiger partial charge in [-0.25, -0.2) is 4.39 Å². The Bertz CT molecular complexity index is 410. The van der Waals surface area contributed by atoms with Crippen molar-refractivity contribution in [2.24, 2.45) is 0 Å². The molecule has 0 unspecified atom stereocenters. The summed E-state index contributed by atoms with van der Waals surface area (Å²) in [5.41, 5.74) is 0.404. The number of amides is 1. The van der Waals surface area contributed by atoms with Crippen molar-refractivity contribution in [1.82, 2.24) is 9.80 Å². The van der Waals surface area contributed by atoms with Gasteiger partial charge in [0.05, 0.1) is 0 Å². The predicted octanol–water partition coefficient (Wildman–Crippen LogP) is 1.98. The molecule has 1 heterocycles.